The van der Waals surface area contributed by atoms with E-state index in [0.717, 1.165) is 5.56 Å². The summed E-state index contributed by atoms with van der Waals surface area (Å²) in [6.45, 7) is 1.45. The topological polar surface area (TPSA) is 66.4 Å². The van der Waals surface area contributed by atoms with E-state index in [4.69, 9.17) is 5.11 Å². The summed E-state index contributed by atoms with van der Waals surface area (Å²) >= 11 is 0. The second-order valence-corrected chi connectivity index (χ2v) is 2.89. The standard InChI is InChI=1S/C10H11NO3.Li.H/c1-7-4-2-3-5-8(7)10(14)11-6-9(12)13;;/h2-5H,6H2,1H3,(H,11,14)(H,12,13);;/q;+1;-1. The Labute approximate surface area is 101 Å². The molecule has 0 fully saturated rings. The minimum absolute atomic E-state index is 0. The number of aryl methyl sites for hydroxylation is 1. The molecule has 2 N–H and O–H groups in total. The number of hydrogen-bond acceptors (Lipinski definition) is 2. The van der Waals surface area contributed by atoms with Crippen molar-refractivity contribution in [1.29, 1.82) is 0 Å². The molecule has 0 aliphatic heterocycles. The first kappa shape index (κ1) is 13.8. The van der Waals surface area contributed by atoms with Crippen LogP contribution in [0.2, 0.25) is 0 Å². The van der Waals surface area contributed by atoms with Crippen molar-refractivity contribution in [2.45, 2.75) is 6.92 Å². The van der Waals surface area contributed by atoms with E-state index in [-0.39, 0.29) is 32.7 Å². The molecule has 1 aromatic rings. The van der Waals surface area contributed by atoms with Crippen molar-refractivity contribution in [3.8, 4) is 0 Å². The van der Waals surface area contributed by atoms with E-state index in [2.05, 4.69) is 5.32 Å². The second-order valence-electron chi connectivity index (χ2n) is 2.89. The van der Waals surface area contributed by atoms with Crippen molar-refractivity contribution in [3.05, 3.63) is 35.4 Å². The van der Waals surface area contributed by atoms with Gasteiger partial charge < -0.3 is 11.8 Å². The van der Waals surface area contributed by atoms with Crippen molar-refractivity contribution < 1.29 is 35.0 Å². The van der Waals surface area contributed by atoms with Crippen LogP contribution in [0.25, 0.3) is 0 Å². The quantitative estimate of drug-likeness (QED) is 0.552. The van der Waals surface area contributed by atoms with E-state index in [9.17, 15) is 9.59 Å². The summed E-state index contributed by atoms with van der Waals surface area (Å²) < 4.78 is 0. The zero-order valence-corrected chi connectivity index (χ0v) is 8.78. The van der Waals surface area contributed by atoms with Crippen LogP contribution in [0, 0.1) is 6.92 Å². The molecule has 0 heterocycles. The molecule has 15 heavy (non-hydrogen) atoms. The molecule has 76 valence electrons. The van der Waals surface area contributed by atoms with Gasteiger partial charge in [0.2, 0.25) is 0 Å². The van der Waals surface area contributed by atoms with Gasteiger partial charge in [0.15, 0.2) is 0 Å². The first-order chi connectivity index (χ1) is 6.61. The van der Waals surface area contributed by atoms with Gasteiger partial charge in [-0.3, -0.25) is 9.59 Å². The number of carboxylic acids is 1. The molecule has 0 aliphatic rings. The Hall–Kier alpha value is -1.24. The number of hydrogen-bond donors (Lipinski definition) is 2. The fourth-order valence-corrected chi connectivity index (χ4v) is 1.08. The predicted octanol–water partition coefficient (Wildman–Crippen LogP) is -2.07. The molecule has 0 aromatic heterocycles. The van der Waals surface area contributed by atoms with Gasteiger partial charge in [0.1, 0.15) is 6.54 Å². The Balaban J connectivity index is 0. The summed E-state index contributed by atoms with van der Waals surface area (Å²) in [5.41, 5.74) is 1.34. The molecule has 0 unspecified atom stereocenters. The number of benzene rings is 1. The molecule has 0 bridgehead atoms. The minimum Gasteiger partial charge on any atom is -1.00 e. The van der Waals surface area contributed by atoms with Gasteiger partial charge in [0.25, 0.3) is 5.91 Å². The number of carbonyl (C=O) groups is 2. The number of rotatable bonds is 3. The first-order valence-electron chi connectivity index (χ1n) is 4.17. The Kier molecular flexibility index (Phi) is 5.76. The van der Waals surface area contributed by atoms with Crippen molar-refractivity contribution in [1.82, 2.24) is 5.32 Å². The van der Waals surface area contributed by atoms with Crippen LogP contribution in [-0.2, 0) is 4.79 Å². The van der Waals surface area contributed by atoms with Gasteiger partial charge in [0, 0.05) is 5.56 Å². The van der Waals surface area contributed by atoms with Gasteiger partial charge in [-0.1, -0.05) is 18.2 Å². The molecule has 1 amide bonds. The van der Waals surface area contributed by atoms with E-state index >= 15 is 0 Å². The zero-order chi connectivity index (χ0) is 10.6. The van der Waals surface area contributed by atoms with Crippen molar-refractivity contribution in [2.24, 2.45) is 0 Å². The SMILES string of the molecule is Cc1ccccc1C(=O)NCC(=O)O.[H-].[Li+]. The van der Waals surface area contributed by atoms with Crippen LogP contribution in [0.5, 0.6) is 0 Å². The number of amides is 1. The van der Waals surface area contributed by atoms with Crippen molar-refractivity contribution in [2.75, 3.05) is 6.54 Å². The molecule has 0 atom stereocenters. The van der Waals surface area contributed by atoms with Crippen LogP contribution in [0.1, 0.15) is 17.3 Å². The monoisotopic (exact) mass is 201 g/mol. The van der Waals surface area contributed by atoms with Gasteiger partial charge in [0.05, 0.1) is 0 Å². The van der Waals surface area contributed by atoms with Crippen LogP contribution < -0.4 is 24.2 Å². The molecule has 4 nitrogen and oxygen atoms in total. The van der Waals surface area contributed by atoms with Gasteiger partial charge in [-0.25, -0.2) is 0 Å². The summed E-state index contributed by atoms with van der Waals surface area (Å²) in [5.74, 6) is -1.41. The van der Waals surface area contributed by atoms with Crippen LogP contribution in [0.3, 0.4) is 0 Å². The molecule has 1 aromatic carbocycles. The molecule has 0 spiro atoms. The van der Waals surface area contributed by atoms with E-state index in [0.29, 0.717) is 5.56 Å². The summed E-state index contributed by atoms with van der Waals surface area (Å²) in [6.07, 6.45) is 0. The molecular weight excluding hydrogens is 189 g/mol. The van der Waals surface area contributed by atoms with Gasteiger partial charge >= 0.3 is 24.8 Å². The summed E-state index contributed by atoms with van der Waals surface area (Å²) in [6, 6.07) is 7.02. The van der Waals surface area contributed by atoms with Crippen molar-refractivity contribution in [3.63, 3.8) is 0 Å². The summed E-state index contributed by atoms with van der Waals surface area (Å²) in [4.78, 5) is 21.6. The molecular formula is C10H12LiNO3. The van der Waals surface area contributed by atoms with Gasteiger partial charge in [-0.05, 0) is 18.6 Å². The number of nitrogens with one attached hydrogen (secondary N) is 1. The smallest absolute Gasteiger partial charge is 1.00 e. The van der Waals surface area contributed by atoms with Crippen LogP contribution in [-0.4, -0.2) is 23.5 Å². The third-order valence-electron chi connectivity index (χ3n) is 1.79. The molecule has 0 saturated heterocycles. The maximum atomic E-state index is 11.4. The zero-order valence-electron chi connectivity index (χ0n) is 9.78. The van der Waals surface area contributed by atoms with Gasteiger partial charge in [-0.2, -0.15) is 0 Å². The molecule has 0 radical (unpaired) electrons. The first-order valence-corrected chi connectivity index (χ1v) is 4.17. The van der Waals surface area contributed by atoms with E-state index < -0.39 is 5.97 Å². The Morgan fingerprint density at radius 1 is 1.40 bits per heavy atom. The minimum atomic E-state index is -1.05. The molecule has 5 heteroatoms. The fourth-order valence-electron chi connectivity index (χ4n) is 1.08. The van der Waals surface area contributed by atoms with E-state index in [1.54, 1.807) is 25.1 Å². The predicted molar refractivity (Wildman–Crippen MR) is 52.3 cm³/mol. The Morgan fingerprint density at radius 2 is 2.00 bits per heavy atom. The maximum Gasteiger partial charge on any atom is 1.00 e. The van der Waals surface area contributed by atoms with Gasteiger partial charge in [-0.15, -0.1) is 0 Å². The third-order valence-corrected chi connectivity index (χ3v) is 1.79. The number of carboxylic acid groups (broad SMARTS) is 1. The average molecular weight is 201 g/mol. The number of carbonyl (C=O) groups excluding carboxylic acids is 1. The van der Waals surface area contributed by atoms with E-state index in [1.165, 1.54) is 0 Å². The van der Waals surface area contributed by atoms with E-state index in [1.807, 2.05) is 6.07 Å². The Bertz CT molecular complexity index is 371. The Morgan fingerprint density at radius 3 is 2.53 bits per heavy atom. The van der Waals surface area contributed by atoms with Crippen molar-refractivity contribution >= 4 is 11.9 Å². The maximum absolute atomic E-state index is 11.4. The normalized spacial score (nSPS) is 8.87. The summed E-state index contributed by atoms with van der Waals surface area (Å²) in [7, 11) is 0. The fraction of sp³-hybridized carbons (Fsp3) is 0.200. The molecule has 0 saturated carbocycles. The second kappa shape index (κ2) is 6.28. The average Bonchev–Trinajstić information content (AvgIpc) is 2.15. The number of aliphatic carboxylic acids is 1. The van der Waals surface area contributed by atoms with Crippen LogP contribution in [0.4, 0.5) is 0 Å². The van der Waals surface area contributed by atoms with Crippen LogP contribution >= 0.6 is 0 Å². The largest absolute Gasteiger partial charge is 1.00 e. The molecule has 0 aliphatic carbocycles. The summed E-state index contributed by atoms with van der Waals surface area (Å²) in [5, 5.41) is 10.7. The third kappa shape index (κ3) is 4.20. The van der Waals surface area contributed by atoms with Crippen LogP contribution in [0.15, 0.2) is 24.3 Å². The molecule has 1 rings (SSSR count).